The normalized spacial score (nSPS) is 10.6. The summed E-state index contributed by atoms with van der Waals surface area (Å²) in [4.78, 5) is 44.5. The number of phenols is 1. The molecule has 0 atom stereocenters. The average Bonchev–Trinajstić information content (AvgIpc) is 2.78. The second kappa shape index (κ2) is 14.0. The molecule has 0 aromatic heterocycles. The summed E-state index contributed by atoms with van der Waals surface area (Å²) in [5, 5.41) is 22.1. The van der Waals surface area contributed by atoms with Crippen molar-refractivity contribution in [2.75, 3.05) is 18.5 Å². The SMILES string of the molecule is CC(=O)Nc1c(O)cccc1[As](=O)(O)O.CCOC(=O)C(Cc1ccc([N+](=O)[O-])cc1)C(=O)OCC. The minimum Gasteiger partial charge on any atom is -0.465 e. The predicted molar refractivity (Wildman–Crippen MR) is 126 cm³/mol. The van der Waals surface area contributed by atoms with Crippen LogP contribution >= 0.6 is 0 Å². The van der Waals surface area contributed by atoms with Crippen LogP contribution < -0.4 is 9.67 Å². The smallest absolute Gasteiger partial charge is 0.320 e. The van der Waals surface area contributed by atoms with E-state index in [1.54, 1.807) is 13.8 Å². The minimum absolute atomic E-state index is 0.0532. The van der Waals surface area contributed by atoms with Gasteiger partial charge < -0.3 is 9.47 Å². The van der Waals surface area contributed by atoms with Gasteiger partial charge in [-0.2, -0.15) is 0 Å². The van der Waals surface area contributed by atoms with Crippen molar-refractivity contribution in [2.24, 2.45) is 5.92 Å². The van der Waals surface area contributed by atoms with Crippen LogP contribution in [0.2, 0.25) is 0 Å². The van der Waals surface area contributed by atoms with E-state index in [2.05, 4.69) is 5.32 Å². The summed E-state index contributed by atoms with van der Waals surface area (Å²) in [5.41, 5.74) is 0.340. The number of phenolic OH excluding ortho intramolecular Hbond substituents is 1. The molecule has 0 aliphatic heterocycles. The molecule has 196 valence electrons. The largest absolute Gasteiger partial charge is 0.465 e. The molecule has 0 spiro atoms. The van der Waals surface area contributed by atoms with Crippen LogP contribution in [-0.2, 0) is 34.0 Å². The van der Waals surface area contributed by atoms with Gasteiger partial charge in [-0.25, -0.2) is 0 Å². The third-order valence-corrected chi connectivity index (χ3v) is 6.46. The fourth-order valence-corrected chi connectivity index (χ4v) is 4.37. The van der Waals surface area contributed by atoms with E-state index in [1.807, 2.05) is 0 Å². The molecule has 0 heterocycles. The van der Waals surface area contributed by atoms with E-state index in [4.69, 9.17) is 17.7 Å². The molecule has 14 heteroatoms. The summed E-state index contributed by atoms with van der Waals surface area (Å²) in [6, 6.07) is 9.36. The molecule has 0 saturated carbocycles. The second-order valence-corrected chi connectivity index (χ2v) is 10.4. The zero-order valence-electron chi connectivity index (χ0n) is 19.7. The summed E-state index contributed by atoms with van der Waals surface area (Å²) in [6.07, 6.45) is 0.0790. The Hall–Kier alpha value is -3.67. The molecule has 2 aromatic rings. The van der Waals surface area contributed by atoms with Crippen LogP contribution in [0.25, 0.3) is 0 Å². The zero-order chi connectivity index (χ0) is 27.5. The number of non-ortho nitro benzene ring substituents is 1. The quantitative estimate of drug-likeness (QED) is 0.0829. The number of aromatic hydroxyl groups is 1. The number of nitro groups is 1. The number of nitrogens with one attached hydrogen (secondary N) is 1. The van der Waals surface area contributed by atoms with Gasteiger partial charge in [-0.3, -0.25) is 19.7 Å². The third-order valence-electron chi connectivity index (χ3n) is 4.36. The molecule has 0 fully saturated rings. The van der Waals surface area contributed by atoms with E-state index in [0.717, 1.165) is 0 Å². The van der Waals surface area contributed by atoms with Crippen LogP contribution in [0.4, 0.5) is 11.4 Å². The number of benzene rings is 2. The number of para-hydroxylation sites is 1. The van der Waals surface area contributed by atoms with Crippen LogP contribution in [0.3, 0.4) is 0 Å². The van der Waals surface area contributed by atoms with Crippen molar-refractivity contribution in [2.45, 2.75) is 27.2 Å². The first-order valence-corrected chi connectivity index (χ1v) is 13.9. The summed E-state index contributed by atoms with van der Waals surface area (Å²) in [5.74, 6) is -3.26. The van der Waals surface area contributed by atoms with E-state index in [-0.39, 0.29) is 41.1 Å². The van der Waals surface area contributed by atoms with Gasteiger partial charge in [0.15, 0.2) is 5.92 Å². The van der Waals surface area contributed by atoms with Gasteiger partial charge in [0.2, 0.25) is 0 Å². The van der Waals surface area contributed by atoms with E-state index in [0.29, 0.717) is 5.56 Å². The van der Waals surface area contributed by atoms with Gasteiger partial charge in [-0.15, -0.1) is 0 Å². The van der Waals surface area contributed by atoms with Crippen molar-refractivity contribution < 1.29 is 45.8 Å². The van der Waals surface area contributed by atoms with Gasteiger partial charge in [-0.1, -0.05) is 12.1 Å². The van der Waals surface area contributed by atoms with Crippen molar-refractivity contribution in [1.29, 1.82) is 0 Å². The molecule has 1 amide bonds. The monoisotopic (exact) mass is 570 g/mol. The molecule has 0 radical (unpaired) electrons. The van der Waals surface area contributed by atoms with Crippen molar-refractivity contribution in [3.8, 4) is 5.75 Å². The van der Waals surface area contributed by atoms with E-state index in [9.17, 15) is 33.3 Å². The van der Waals surface area contributed by atoms with E-state index in [1.165, 1.54) is 49.4 Å². The van der Waals surface area contributed by atoms with Gasteiger partial charge in [-0.05, 0) is 25.8 Å². The van der Waals surface area contributed by atoms with Gasteiger partial charge in [0, 0.05) is 12.1 Å². The summed E-state index contributed by atoms with van der Waals surface area (Å²) >= 11 is -5.14. The summed E-state index contributed by atoms with van der Waals surface area (Å²) < 4.78 is 38.5. The molecule has 2 aromatic carbocycles. The van der Waals surface area contributed by atoms with Crippen LogP contribution in [0.15, 0.2) is 42.5 Å². The maximum absolute atomic E-state index is 11.8. The number of anilines is 1. The molecular weight excluding hydrogens is 543 g/mol. The van der Waals surface area contributed by atoms with Crippen molar-refractivity contribution in [3.63, 3.8) is 0 Å². The Balaban J connectivity index is 0.000000381. The van der Waals surface area contributed by atoms with Gasteiger partial charge >= 0.3 is 100 Å². The van der Waals surface area contributed by atoms with Crippen LogP contribution in [0.1, 0.15) is 26.3 Å². The number of carbonyl (C=O) groups is 3. The molecule has 2 rings (SSSR count). The number of amides is 1. The third kappa shape index (κ3) is 9.53. The summed E-state index contributed by atoms with van der Waals surface area (Å²) in [6.45, 7) is 4.80. The van der Waals surface area contributed by atoms with Crippen LogP contribution in [0.5, 0.6) is 5.75 Å². The average molecular weight is 570 g/mol. The van der Waals surface area contributed by atoms with E-state index >= 15 is 0 Å². The Labute approximate surface area is 209 Å². The maximum Gasteiger partial charge on any atom is 0.320 e. The molecule has 0 saturated heterocycles. The van der Waals surface area contributed by atoms with Crippen LogP contribution in [0, 0.1) is 16.0 Å². The number of nitro benzene ring substituents is 1. The Morgan fingerprint density at radius 3 is 1.97 bits per heavy atom. The number of hydrogen-bond donors (Lipinski definition) is 4. The predicted octanol–water partition coefficient (Wildman–Crippen LogP) is 0.791. The molecule has 36 heavy (non-hydrogen) atoms. The Morgan fingerprint density at radius 2 is 1.56 bits per heavy atom. The maximum atomic E-state index is 11.8. The van der Waals surface area contributed by atoms with Gasteiger partial charge in [0.25, 0.3) is 5.69 Å². The Kier molecular flexibility index (Phi) is 11.8. The summed E-state index contributed by atoms with van der Waals surface area (Å²) in [7, 11) is 0. The van der Waals surface area contributed by atoms with Crippen molar-refractivity contribution >= 4 is 47.7 Å². The molecule has 13 nitrogen and oxygen atoms in total. The first-order chi connectivity index (χ1) is 16.8. The number of carbonyl (C=O) groups excluding carboxylic acids is 3. The molecule has 4 N–H and O–H groups in total. The second-order valence-electron chi connectivity index (χ2n) is 7.08. The fraction of sp³-hybridized carbons (Fsp3) is 0.318. The Bertz CT molecular complexity index is 1110. The molecular formula is C22H27AsN2O11. The number of ether oxygens (including phenoxy) is 2. The molecule has 0 aliphatic carbocycles. The molecule has 0 aliphatic rings. The first kappa shape index (κ1) is 30.4. The number of esters is 2. The molecule has 0 unspecified atom stereocenters. The van der Waals surface area contributed by atoms with Crippen molar-refractivity contribution in [3.05, 3.63) is 58.1 Å². The van der Waals surface area contributed by atoms with E-state index < -0.39 is 42.9 Å². The number of hydrogen-bond acceptors (Lipinski definition) is 9. The van der Waals surface area contributed by atoms with Crippen molar-refractivity contribution in [1.82, 2.24) is 0 Å². The number of nitrogens with zero attached hydrogens (tertiary/aromatic N) is 1. The van der Waals surface area contributed by atoms with Crippen LogP contribution in [-0.4, -0.2) is 63.5 Å². The zero-order valence-corrected chi connectivity index (χ0v) is 21.6. The number of rotatable bonds is 9. The van der Waals surface area contributed by atoms with Gasteiger partial charge in [0.05, 0.1) is 18.1 Å². The first-order valence-electron chi connectivity index (χ1n) is 10.5. The topological polar surface area (TPSA) is 203 Å². The fourth-order valence-electron chi connectivity index (χ4n) is 2.81. The minimum atomic E-state index is -5.14. The Morgan fingerprint density at radius 1 is 1.03 bits per heavy atom. The molecule has 0 bridgehead atoms. The van der Waals surface area contributed by atoms with Gasteiger partial charge in [0.1, 0.15) is 0 Å². The standard InChI is InChI=1S/C14H17NO6.C8H10AsNO5/c1-3-20-13(16)12(14(17)21-4-2)9-10-5-7-11(8-6-10)15(18)19;1-5(11)10-8-6(9(13,14)15)3-2-4-7(8)12/h5-8,12H,3-4,9H2,1-2H3;2-4,12H,1H3,(H,10,11)(H2,13,14,15).